The highest BCUT2D eigenvalue weighted by atomic mass is 32.2. The number of hydrogen-bond donors (Lipinski definition) is 1. The van der Waals surface area contributed by atoms with Crippen LogP contribution >= 0.6 is 0 Å². The molecule has 0 radical (unpaired) electrons. The Kier molecular flexibility index (Phi) is 8.03. The Balaban J connectivity index is 2.10. The minimum Gasteiger partial charge on any atom is -0.422 e. The minimum absolute atomic E-state index is 0.108. The van der Waals surface area contributed by atoms with Crippen molar-refractivity contribution in [2.24, 2.45) is 0 Å². The van der Waals surface area contributed by atoms with Crippen molar-refractivity contribution in [2.45, 2.75) is 71.1 Å². The summed E-state index contributed by atoms with van der Waals surface area (Å²) in [5.74, 6) is -0.128. The summed E-state index contributed by atoms with van der Waals surface area (Å²) in [4.78, 5) is 13.8. The number of carbonyl (C=O) groups is 1. The third-order valence-electron chi connectivity index (χ3n) is 6.04. The summed E-state index contributed by atoms with van der Waals surface area (Å²) < 4.78 is 34.5. The number of hydrogen-bond acceptors (Lipinski definition) is 4. The van der Waals surface area contributed by atoms with Crippen molar-refractivity contribution in [2.75, 3.05) is 0 Å². The Morgan fingerprint density at radius 2 is 1.30 bits per heavy atom. The summed E-state index contributed by atoms with van der Waals surface area (Å²) >= 11 is 0. The van der Waals surface area contributed by atoms with E-state index in [-0.39, 0.29) is 21.3 Å². The molecular weight excluding hydrogens is 482 g/mol. The fraction of sp³-hybridized carbons (Fsp3) is 0.323. The zero-order chi connectivity index (χ0) is 27.6. The third-order valence-corrected chi connectivity index (χ3v) is 7.36. The van der Waals surface area contributed by atoms with E-state index in [4.69, 9.17) is 4.74 Å². The molecule has 6 heteroatoms. The Hall–Kier alpha value is -3.38. The lowest BCUT2D eigenvalue weighted by molar-refractivity contribution is -0.128. The molecule has 0 unspecified atom stereocenters. The maximum atomic E-state index is 13.7. The number of aryl methyl sites for hydroxylation is 2. The van der Waals surface area contributed by atoms with Gasteiger partial charge in [0.05, 0.1) is 10.5 Å². The Morgan fingerprint density at radius 1 is 0.784 bits per heavy atom. The molecule has 3 rings (SSSR count). The van der Waals surface area contributed by atoms with E-state index < -0.39 is 16.0 Å². The molecule has 37 heavy (non-hydrogen) atoms. The maximum absolute atomic E-state index is 13.7. The lowest BCUT2D eigenvalue weighted by Gasteiger charge is -2.30. The number of sulfonamides is 1. The molecule has 5 nitrogen and oxygen atoms in total. The molecule has 3 aromatic rings. The van der Waals surface area contributed by atoms with Crippen LogP contribution in [0.4, 0.5) is 0 Å². The standard InChI is InChI=1S/C31H37NO4S/c1-21-14-16-24(17-15-21)37(34,35)32-20-25(23-12-10-9-11-13-23)29(33)36-28-26(30(3,4)5)18-22(2)19-27(28)31(6,7)8/h9-20,32H,1-8H3/b25-20-. The average molecular weight is 520 g/mol. The van der Waals surface area contributed by atoms with E-state index in [1.807, 2.05) is 32.0 Å². The van der Waals surface area contributed by atoms with Crippen LogP contribution in [-0.2, 0) is 25.6 Å². The summed E-state index contributed by atoms with van der Waals surface area (Å²) in [5.41, 5.74) is 3.94. The van der Waals surface area contributed by atoms with E-state index in [0.717, 1.165) is 22.3 Å². The first-order chi connectivity index (χ1) is 17.1. The smallest absolute Gasteiger partial charge is 0.345 e. The predicted molar refractivity (Wildman–Crippen MR) is 150 cm³/mol. The first kappa shape index (κ1) is 28.2. The number of rotatable bonds is 6. The molecule has 0 aliphatic heterocycles. The number of carbonyl (C=O) groups excluding carboxylic acids is 1. The molecule has 1 N–H and O–H groups in total. The molecule has 0 aromatic heterocycles. The Bertz CT molecular complexity index is 1370. The summed E-state index contributed by atoms with van der Waals surface area (Å²) in [6, 6.07) is 19.5. The van der Waals surface area contributed by atoms with Gasteiger partial charge in [0.1, 0.15) is 5.75 Å². The van der Waals surface area contributed by atoms with Crippen LogP contribution in [0.2, 0.25) is 0 Å². The molecule has 196 valence electrons. The van der Waals surface area contributed by atoms with Gasteiger partial charge in [0.15, 0.2) is 0 Å². The van der Waals surface area contributed by atoms with Gasteiger partial charge in [0.2, 0.25) is 0 Å². The molecular formula is C31H37NO4S. The highest BCUT2D eigenvalue weighted by molar-refractivity contribution is 7.89. The van der Waals surface area contributed by atoms with Crippen LogP contribution in [0.25, 0.3) is 5.57 Å². The molecule has 0 atom stereocenters. The van der Waals surface area contributed by atoms with Crippen molar-refractivity contribution in [3.05, 3.63) is 101 Å². The monoisotopic (exact) mass is 519 g/mol. The molecule has 0 aliphatic carbocycles. The fourth-order valence-corrected chi connectivity index (χ4v) is 4.85. The zero-order valence-corrected chi connectivity index (χ0v) is 23.8. The molecule has 0 amide bonds. The van der Waals surface area contributed by atoms with Crippen LogP contribution < -0.4 is 9.46 Å². The van der Waals surface area contributed by atoms with Crippen LogP contribution in [0.5, 0.6) is 5.75 Å². The molecule has 0 fully saturated rings. The minimum atomic E-state index is -3.89. The first-order valence-electron chi connectivity index (χ1n) is 12.3. The van der Waals surface area contributed by atoms with Gasteiger partial charge in [-0.2, -0.15) is 0 Å². The van der Waals surface area contributed by atoms with Crippen LogP contribution in [0.1, 0.15) is 69.4 Å². The number of ether oxygens (including phenoxy) is 1. The van der Waals surface area contributed by atoms with Gasteiger partial charge in [0.25, 0.3) is 10.0 Å². The fourth-order valence-electron chi connectivity index (χ4n) is 3.94. The van der Waals surface area contributed by atoms with Gasteiger partial charge in [-0.1, -0.05) is 107 Å². The van der Waals surface area contributed by atoms with Gasteiger partial charge in [-0.3, -0.25) is 4.72 Å². The molecule has 0 spiro atoms. The molecule has 0 bridgehead atoms. The lowest BCUT2D eigenvalue weighted by atomic mass is 9.78. The predicted octanol–water partition coefficient (Wildman–Crippen LogP) is 6.82. The highest BCUT2D eigenvalue weighted by Crippen LogP contribution is 2.41. The third kappa shape index (κ3) is 6.89. The Labute approximate surface area is 221 Å². The van der Waals surface area contributed by atoms with Gasteiger partial charge < -0.3 is 4.74 Å². The zero-order valence-electron chi connectivity index (χ0n) is 23.0. The summed E-state index contributed by atoms with van der Waals surface area (Å²) in [6.45, 7) is 16.4. The highest BCUT2D eigenvalue weighted by Gasteiger charge is 2.30. The van der Waals surface area contributed by atoms with E-state index in [2.05, 4.69) is 46.3 Å². The van der Waals surface area contributed by atoms with Crippen LogP contribution in [-0.4, -0.2) is 14.4 Å². The summed E-state index contributed by atoms with van der Waals surface area (Å²) in [5, 5.41) is 0. The lowest BCUT2D eigenvalue weighted by Crippen LogP contribution is -2.24. The molecule has 0 heterocycles. The summed E-state index contributed by atoms with van der Waals surface area (Å²) in [7, 11) is -3.89. The molecule has 0 saturated heterocycles. The summed E-state index contributed by atoms with van der Waals surface area (Å²) in [6.07, 6.45) is 1.22. The van der Waals surface area contributed by atoms with Crippen molar-refractivity contribution in [1.82, 2.24) is 4.72 Å². The van der Waals surface area contributed by atoms with E-state index in [9.17, 15) is 13.2 Å². The van der Waals surface area contributed by atoms with Gasteiger partial charge in [-0.05, 0) is 42.4 Å². The number of benzene rings is 3. The van der Waals surface area contributed by atoms with E-state index in [1.54, 1.807) is 36.4 Å². The quantitative estimate of drug-likeness (QED) is 0.220. The first-order valence-corrected chi connectivity index (χ1v) is 13.8. The average Bonchev–Trinajstić information content (AvgIpc) is 2.79. The van der Waals surface area contributed by atoms with E-state index >= 15 is 0 Å². The Morgan fingerprint density at radius 3 is 1.78 bits per heavy atom. The second kappa shape index (κ2) is 10.5. The van der Waals surface area contributed by atoms with Crippen molar-refractivity contribution < 1.29 is 17.9 Å². The number of nitrogens with one attached hydrogen (secondary N) is 1. The van der Waals surface area contributed by atoms with Crippen molar-refractivity contribution in [3.63, 3.8) is 0 Å². The normalized spacial score (nSPS) is 12.8. The van der Waals surface area contributed by atoms with Crippen molar-refractivity contribution in [3.8, 4) is 5.75 Å². The largest absolute Gasteiger partial charge is 0.422 e. The van der Waals surface area contributed by atoms with Gasteiger partial charge in [0, 0.05) is 17.3 Å². The van der Waals surface area contributed by atoms with Gasteiger partial charge >= 0.3 is 5.97 Å². The molecule has 3 aromatic carbocycles. The van der Waals surface area contributed by atoms with Crippen LogP contribution in [0.3, 0.4) is 0 Å². The van der Waals surface area contributed by atoms with Gasteiger partial charge in [-0.15, -0.1) is 0 Å². The van der Waals surface area contributed by atoms with Gasteiger partial charge in [-0.25, -0.2) is 13.2 Å². The van der Waals surface area contributed by atoms with E-state index in [0.29, 0.717) is 11.3 Å². The molecule has 0 saturated carbocycles. The van der Waals surface area contributed by atoms with E-state index in [1.165, 1.54) is 18.3 Å². The second-order valence-corrected chi connectivity index (χ2v) is 13.2. The van der Waals surface area contributed by atoms with Crippen molar-refractivity contribution in [1.29, 1.82) is 0 Å². The SMILES string of the molecule is Cc1ccc(S(=O)(=O)N/C=C(\C(=O)Oc2c(C(C)(C)C)cc(C)cc2C(C)(C)C)c2ccccc2)cc1. The molecule has 0 aliphatic rings. The second-order valence-electron chi connectivity index (χ2n) is 11.4. The van der Waals surface area contributed by atoms with Crippen LogP contribution in [0, 0.1) is 13.8 Å². The topological polar surface area (TPSA) is 72.5 Å². The maximum Gasteiger partial charge on any atom is 0.345 e. The van der Waals surface area contributed by atoms with Crippen LogP contribution in [0.15, 0.2) is 77.8 Å². The van der Waals surface area contributed by atoms with Crippen molar-refractivity contribution >= 4 is 21.6 Å². The number of esters is 1.